The van der Waals surface area contributed by atoms with Gasteiger partial charge < -0.3 is 14.8 Å². The number of ether oxygens (including phenoxy) is 2. The third-order valence-corrected chi connectivity index (χ3v) is 5.04. The van der Waals surface area contributed by atoms with E-state index in [0.29, 0.717) is 13.2 Å². The Labute approximate surface area is 146 Å². The Kier molecular flexibility index (Phi) is 4.25. The molecule has 3 atom stereocenters. The second-order valence-electron chi connectivity index (χ2n) is 6.93. The highest BCUT2D eigenvalue weighted by Gasteiger charge is 2.41. The molecule has 7 heteroatoms. The molecule has 0 spiro atoms. The van der Waals surface area contributed by atoms with Crippen molar-refractivity contribution in [2.75, 3.05) is 26.2 Å². The van der Waals surface area contributed by atoms with Crippen molar-refractivity contribution >= 4 is 11.9 Å². The van der Waals surface area contributed by atoms with Crippen LogP contribution in [-0.2, 0) is 4.79 Å². The number of carbonyl (C=O) groups is 2. The van der Waals surface area contributed by atoms with Crippen molar-refractivity contribution in [3.8, 4) is 11.5 Å². The molecule has 3 unspecified atom stereocenters. The average Bonchev–Trinajstić information content (AvgIpc) is 2.87. The highest BCUT2D eigenvalue weighted by Crippen LogP contribution is 2.31. The van der Waals surface area contributed by atoms with Crippen molar-refractivity contribution in [3.63, 3.8) is 0 Å². The third kappa shape index (κ3) is 3.16. The Bertz CT molecular complexity index is 680. The lowest BCUT2D eigenvalue weighted by Gasteiger charge is -2.38. The molecular weight excluding hydrogens is 322 g/mol. The molecule has 4 rings (SSSR count). The Hall–Kier alpha value is -2.28. The highest BCUT2D eigenvalue weighted by molar-refractivity contribution is 6.04. The number of fused-ring (bicyclic) bond motifs is 1. The second-order valence-corrected chi connectivity index (χ2v) is 6.93. The monoisotopic (exact) mass is 345 g/mol. The van der Waals surface area contributed by atoms with Crippen LogP contribution in [0.1, 0.15) is 19.8 Å². The van der Waals surface area contributed by atoms with Gasteiger partial charge in [-0.1, -0.05) is 12.1 Å². The molecule has 3 aliphatic heterocycles. The summed E-state index contributed by atoms with van der Waals surface area (Å²) in [6.45, 7) is 4.60. The molecule has 2 saturated heterocycles. The quantitative estimate of drug-likeness (QED) is 0.835. The number of para-hydroxylation sites is 2. The molecule has 0 saturated carbocycles. The maximum Gasteiger partial charge on any atom is 0.325 e. The van der Waals surface area contributed by atoms with Gasteiger partial charge in [-0.25, -0.2) is 4.79 Å². The van der Waals surface area contributed by atoms with E-state index in [1.165, 1.54) is 4.90 Å². The van der Waals surface area contributed by atoms with Crippen molar-refractivity contribution in [1.29, 1.82) is 0 Å². The largest absolute Gasteiger partial charge is 0.486 e. The van der Waals surface area contributed by atoms with Crippen molar-refractivity contribution in [1.82, 2.24) is 15.1 Å². The molecule has 0 bridgehead atoms. The minimum absolute atomic E-state index is 0.0457. The average molecular weight is 345 g/mol. The summed E-state index contributed by atoms with van der Waals surface area (Å²) in [6.07, 6.45) is 1.77. The fourth-order valence-corrected chi connectivity index (χ4v) is 3.82. The fourth-order valence-electron chi connectivity index (χ4n) is 3.82. The van der Waals surface area contributed by atoms with Crippen LogP contribution >= 0.6 is 0 Å². The number of nitrogens with one attached hydrogen (secondary N) is 1. The molecular formula is C18H23N3O4. The zero-order chi connectivity index (χ0) is 17.4. The maximum atomic E-state index is 12.2. The summed E-state index contributed by atoms with van der Waals surface area (Å²) in [7, 11) is 0. The molecule has 7 nitrogen and oxygen atoms in total. The summed E-state index contributed by atoms with van der Waals surface area (Å²) in [5.74, 6) is 1.43. The lowest BCUT2D eigenvalue weighted by atomic mass is 10.0. The standard InChI is InChI=1S/C18H23N3O4/c1-12-17(22)21(18(23)19-12)13-5-4-8-20(9-13)10-14-11-24-15-6-2-3-7-16(15)25-14/h2-3,6-7,12-14H,4-5,8-11H2,1H3,(H,19,23). The summed E-state index contributed by atoms with van der Waals surface area (Å²) in [5.41, 5.74) is 0. The fraction of sp³-hybridized carbons (Fsp3) is 0.556. The molecule has 1 aromatic rings. The van der Waals surface area contributed by atoms with E-state index in [-0.39, 0.29) is 24.1 Å². The Balaban J connectivity index is 1.38. The van der Waals surface area contributed by atoms with Gasteiger partial charge in [-0.3, -0.25) is 14.6 Å². The Morgan fingerprint density at radius 2 is 2.04 bits per heavy atom. The van der Waals surface area contributed by atoms with E-state index in [4.69, 9.17) is 9.47 Å². The molecule has 2 fully saturated rings. The first-order valence-corrected chi connectivity index (χ1v) is 8.86. The maximum absolute atomic E-state index is 12.2. The first-order chi connectivity index (χ1) is 12.1. The van der Waals surface area contributed by atoms with Crippen molar-refractivity contribution in [2.24, 2.45) is 0 Å². The Morgan fingerprint density at radius 3 is 2.80 bits per heavy atom. The number of rotatable bonds is 3. The van der Waals surface area contributed by atoms with E-state index in [2.05, 4.69) is 10.2 Å². The van der Waals surface area contributed by atoms with Gasteiger partial charge in [0.1, 0.15) is 18.8 Å². The molecule has 134 valence electrons. The van der Waals surface area contributed by atoms with Crippen molar-refractivity contribution in [3.05, 3.63) is 24.3 Å². The normalized spacial score (nSPS) is 29.6. The van der Waals surface area contributed by atoms with Gasteiger partial charge in [0, 0.05) is 13.1 Å². The van der Waals surface area contributed by atoms with Gasteiger partial charge in [0.15, 0.2) is 11.5 Å². The van der Waals surface area contributed by atoms with Crippen LogP contribution in [0.5, 0.6) is 11.5 Å². The van der Waals surface area contributed by atoms with E-state index in [1.54, 1.807) is 6.92 Å². The van der Waals surface area contributed by atoms with Crippen LogP contribution in [0, 0.1) is 0 Å². The Morgan fingerprint density at radius 1 is 1.24 bits per heavy atom. The van der Waals surface area contributed by atoms with Gasteiger partial charge in [-0.15, -0.1) is 0 Å². The van der Waals surface area contributed by atoms with Gasteiger partial charge in [-0.05, 0) is 38.4 Å². The first kappa shape index (κ1) is 16.2. The summed E-state index contributed by atoms with van der Waals surface area (Å²) in [6, 6.07) is 6.92. The topological polar surface area (TPSA) is 71.1 Å². The van der Waals surface area contributed by atoms with Gasteiger partial charge in [0.05, 0.1) is 6.04 Å². The lowest BCUT2D eigenvalue weighted by molar-refractivity contribution is -0.129. The molecule has 25 heavy (non-hydrogen) atoms. The van der Waals surface area contributed by atoms with Crippen molar-refractivity contribution in [2.45, 2.75) is 38.0 Å². The molecule has 0 aromatic heterocycles. The van der Waals surface area contributed by atoms with E-state index >= 15 is 0 Å². The third-order valence-electron chi connectivity index (χ3n) is 5.04. The lowest BCUT2D eigenvalue weighted by Crippen LogP contribution is -2.53. The minimum atomic E-state index is -0.422. The number of benzene rings is 1. The number of amides is 3. The smallest absolute Gasteiger partial charge is 0.325 e. The first-order valence-electron chi connectivity index (χ1n) is 8.86. The molecule has 1 aromatic carbocycles. The summed E-state index contributed by atoms with van der Waals surface area (Å²) in [4.78, 5) is 28.0. The molecule has 3 heterocycles. The predicted octanol–water partition coefficient (Wildman–Crippen LogP) is 1.23. The number of carbonyl (C=O) groups excluding carboxylic acids is 2. The van der Waals surface area contributed by atoms with Crippen LogP contribution in [0.2, 0.25) is 0 Å². The van der Waals surface area contributed by atoms with Crippen LogP contribution < -0.4 is 14.8 Å². The number of hydrogen-bond acceptors (Lipinski definition) is 5. The number of imide groups is 1. The van der Waals surface area contributed by atoms with E-state index in [9.17, 15) is 9.59 Å². The van der Waals surface area contributed by atoms with Crippen LogP contribution in [0.3, 0.4) is 0 Å². The summed E-state index contributed by atoms with van der Waals surface area (Å²) >= 11 is 0. The zero-order valence-electron chi connectivity index (χ0n) is 14.3. The molecule has 0 radical (unpaired) electrons. The number of piperidine rings is 1. The van der Waals surface area contributed by atoms with Crippen molar-refractivity contribution < 1.29 is 19.1 Å². The molecule has 0 aliphatic carbocycles. The van der Waals surface area contributed by atoms with Crippen LogP contribution in [0.15, 0.2) is 24.3 Å². The SMILES string of the molecule is CC1NC(=O)N(C2CCCN(CC3COc4ccccc4O3)C2)C1=O. The van der Waals surface area contributed by atoms with Crippen LogP contribution in [0.4, 0.5) is 4.79 Å². The minimum Gasteiger partial charge on any atom is -0.486 e. The molecule has 3 amide bonds. The van der Waals surface area contributed by atoms with E-state index in [1.807, 2.05) is 24.3 Å². The van der Waals surface area contributed by atoms with Gasteiger partial charge in [0.2, 0.25) is 0 Å². The summed E-state index contributed by atoms with van der Waals surface area (Å²) < 4.78 is 11.8. The zero-order valence-corrected chi connectivity index (χ0v) is 14.3. The number of hydrogen-bond donors (Lipinski definition) is 1. The predicted molar refractivity (Wildman–Crippen MR) is 90.7 cm³/mol. The second kappa shape index (κ2) is 6.55. The molecule has 3 aliphatic rings. The number of nitrogens with zero attached hydrogens (tertiary/aromatic N) is 2. The van der Waals surface area contributed by atoms with Crippen LogP contribution in [-0.4, -0.2) is 66.2 Å². The van der Waals surface area contributed by atoms with Gasteiger partial charge in [-0.2, -0.15) is 0 Å². The van der Waals surface area contributed by atoms with E-state index in [0.717, 1.165) is 37.4 Å². The van der Waals surface area contributed by atoms with Gasteiger partial charge >= 0.3 is 6.03 Å². The van der Waals surface area contributed by atoms with Crippen LogP contribution in [0.25, 0.3) is 0 Å². The highest BCUT2D eigenvalue weighted by atomic mass is 16.6. The molecule has 1 N–H and O–H groups in total. The van der Waals surface area contributed by atoms with Gasteiger partial charge in [0.25, 0.3) is 5.91 Å². The van der Waals surface area contributed by atoms with E-state index < -0.39 is 6.04 Å². The summed E-state index contributed by atoms with van der Waals surface area (Å²) in [5, 5.41) is 2.70. The number of likely N-dealkylation sites (tertiary alicyclic amines) is 1. The number of urea groups is 1.